The van der Waals surface area contributed by atoms with E-state index in [0.29, 0.717) is 0 Å². The molecule has 1 N–H and O–H groups in total. The summed E-state index contributed by atoms with van der Waals surface area (Å²) in [5.41, 5.74) is 2.66. The van der Waals surface area contributed by atoms with Crippen molar-refractivity contribution in [2.24, 2.45) is 0 Å². The van der Waals surface area contributed by atoms with Gasteiger partial charge in [0.2, 0.25) is 0 Å². The lowest BCUT2D eigenvalue weighted by atomic mass is 10.2. The van der Waals surface area contributed by atoms with Gasteiger partial charge in [0, 0.05) is 24.3 Å². The van der Waals surface area contributed by atoms with Gasteiger partial charge < -0.3 is 5.32 Å². The van der Waals surface area contributed by atoms with Crippen molar-refractivity contribution in [1.82, 2.24) is 15.1 Å². The van der Waals surface area contributed by atoms with Gasteiger partial charge in [-0.2, -0.15) is 5.10 Å². The number of unbranched alkanes of at least 4 members (excludes halogenated alkanes) is 2. The molecule has 0 saturated carbocycles. The van der Waals surface area contributed by atoms with Crippen LogP contribution in [0.1, 0.15) is 50.8 Å². The van der Waals surface area contributed by atoms with E-state index < -0.39 is 0 Å². The standard InChI is InChI=1S/C13H25N3/c1-4-6-7-9-16-12(3)13(11-15-16)10-14-8-5-2/h11,14H,4-10H2,1-3H3. The van der Waals surface area contributed by atoms with E-state index in [1.807, 2.05) is 6.20 Å². The van der Waals surface area contributed by atoms with E-state index in [1.54, 1.807) is 0 Å². The first-order valence-corrected chi connectivity index (χ1v) is 6.51. The highest BCUT2D eigenvalue weighted by Crippen LogP contribution is 2.08. The van der Waals surface area contributed by atoms with Crippen LogP contribution in [-0.4, -0.2) is 16.3 Å². The van der Waals surface area contributed by atoms with Crippen molar-refractivity contribution in [3.05, 3.63) is 17.5 Å². The van der Waals surface area contributed by atoms with Crippen LogP contribution in [0.4, 0.5) is 0 Å². The molecule has 0 unspecified atom stereocenters. The predicted molar refractivity (Wildman–Crippen MR) is 68.5 cm³/mol. The first-order valence-electron chi connectivity index (χ1n) is 6.51. The Morgan fingerprint density at radius 1 is 1.25 bits per heavy atom. The Balaban J connectivity index is 2.41. The molecule has 1 rings (SSSR count). The molecule has 0 spiro atoms. The Morgan fingerprint density at radius 2 is 2.06 bits per heavy atom. The third-order valence-corrected chi connectivity index (χ3v) is 2.92. The number of nitrogens with zero attached hydrogens (tertiary/aromatic N) is 2. The van der Waals surface area contributed by atoms with Crippen LogP contribution in [0.2, 0.25) is 0 Å². The molecule has 92 valence electrons. The van der Waals surface area contributed by atoms with Crippen molar-refractivity contribution in [3.63, 3.8) is 0 Å². The fourth-order valence-corrected chi connectivity index (χ4v) is 1.80. The van der Waals surface area contributed by atoms with E-state index in [2.05, 4.69) is 35.9 Å². The van der Waals surface area contributed by atoms with Crippen molar-refractivity contribution in [1.29, 1.82) is 0 Å². The summed E-state index contributed by atoms with van der Waals surface area (Å²) in [5.74, 6) is 0. The maximum atomic E-state index is 4.44. The zero-order valence-electron chi connectivity index (χ0n) is 10.9. The monoisotopic (exact) mass is 223 g/mol. The largest absolute Gasteiger partial charge is 0.313 e. The van der Waals surface area contributed by atoms with Gasteiger partial charge in [0.05, 0.1) is 6.20 Å². The molecule has 1 heterocycles. The second-order valence-corrected chi connectivity index (χ2v) is 4.36. The summed E-state index contributed by atoms with van der Waals surface area (Å²) in [5, 5.41) is 7.86. The molecule has 0 aliphatic rings. The number of rotatable bonds is 8. The molecule has 0 atom stereocenters. The quantitative estimate of drug-likeness (QED) is 0.687. The van der Waals surface area contributed by atoms with Gasteiger partial charge in [0.15, 0.2) is 0 Å². The summed E-state index contributed by atoms with van der Waals surface area (Å²) in [6, 6.07) is 0. The lowest BCUT2D eigenvalue weighted by Crippen LogP contribution is -2.14. The summed E-state index contributed by atoms with van der Waals surface area (Å²) >= 11 is 0. The second kappa shape index (κ2) is 7.44. The highest BCUT2D eigenvalue weighted by atomic mass is 15.3. The van der Waals surface area contributed by atoms with Crippen molar-refractivity contribution in [2.75, 3.05) is 6.54 Å². The van der Waals surface area contributed by atoms with Crippen molar-refractivity contribution >= 4 is 0 Å². The zero-order chi connectivity index (χ0) is 11.8. The SMILES string of the molecule is CCCCCn1ncc(CNCCC)c1C. The van der Waals surface area contributed by atoms with Crippen LogP contribution in [0.15, 0.2) is 6.20 Å². The number of nitrogens with one attached hydrogen (secondary N) is 1. The van der Waals surface area contributed by atoms with Crippen LogP contribution >= 0.6 is 0 Å². The Hall–Kier alpha value is -0.830. The smallest absolute Gasteiger partial charge is 0.0537 e. The molecule has 3 nitrogen and oxygen atoms in total. The van der Waals surface area contributed by atoms with E-state index in [9.17, 15) is 0 Å². The minimum absolute atomic E-state index is 0.952. The second-order valence-electron chi connectivity index (χ2n) is 4.36. The molecular formula is C13H25N3. The molecule has 0 bridgehead atoms. The Bertz CT molecular complexity index is 264. The number of aromatic nitrogens is 2. The lowest BCUT2D eigenvalue weighted by molar-refractivity contribution is 0.541. The van der Waals surface area contributed by atoms with Crippen molar-refractivity contribution < 1.29 is 0 Å². The summed E-state index contributed by atoms with van der Waals surface area (Å²) < 4.78 is 2.14. The van der Waals surface area contributed by atoms with Crippen LogP contribution in [0, 0.1) is 6.92 Å². The summed E-state index contributed by atoms with van der Waals surface area (Å²) in [4.78, 5) is 0. The third-order valence-electron chi connectivity index (χ3n) is 2.92. The topological polar surface area (TPSA) is 29.9 Å². The maximum Gasteiger partial charge on any atom is 0.0537 e. The zero-order valence-corrected chi connectivity index (χ0v) is 10.9. The number of hydrogen-bond acceptors (Lipinski definition) is 2. The van der Waals surface area contributed by atoms with Crippen molar-refractivity contribution in [2.45, 2.75) is 59.5 Å². The van der Waals surface area contributed by atoms with E-state index >= 15 is 0 Å². The molecule has 3 heteroatoms. The van der Waals surface area contributed by atoms with Crippen LogP contribution in [0.3, 0.4) is 0 Å². The molecule has 0 radical (unpaired) electrons. The number of aryl methyl sites for hydroxylation is 1. The Morgan fingerprint density at radius 3 is 2.75 bits per heavy atom. The van der Waals surface area contributed by atoms with Gasteiger partial charge in [0.25, 0.3) is 0 Å². The van der Waals surface area contributed by atoms with E-state index in [-0.39, 0.29) is 0 Å². The van der Waals surface area contributed by atoms with Gasteiger partial charge >= 0.3 is 0 Å². The minimum Gasteiger partial charge on any atom is -0.313 e. The summed E-state index contributed by atoms with van der Waals surface area (Å²) in [6.07, 6.45) is 6.99. The van der Waals surface area contributed by atoms with Gasteiger partial charge in [-0.3, -0.25) is 4.68 Å². The molecule has 1 aromatic heterocycles. The summed E-state index contributed by atoms with van der Waals surface area (Å²) in [7, 11) is 0. The van der Waals surface area contributed by atoms with E-state index in [0.717, 1.165) is 19.6 Å². The van der Waals surface area contributed by atoms with Crippen molar-refractivity contribution in [3.8, 4) is 0 Å². The normalized spacial score (nSPS) is 10.9. The summed E-state index contributed by atoms with van der Waals surface area (Å²) in [6.45, 7) is 9.69. The van der Waals surface area contributed by atoms with Gasteiger partial charge in [-0.05, 0) is 26.3 Å². The maximum absolute atomic E-state index is 4.44. The molecule has 0 fully saturated rings. The van der Waals surface area contributed by atoms with E-state index in [1.165, 1.54) is 36.9 Å². The van der Waals surface area contributed by atoms with Gasteiger partial charge in [-0.25, -0.2) is 0 Å². The van der Waals surface area contributed by atoms with Crippen LogP contribution in [0.25, 0.3) is 0 Å². The first kappa shape index (κ1) is 13.2. The van der Waals surface area contributed by atoms with Gasteiger partial charge in [-0.1, -0.05) is 26.7 Å². The fourth-order valence-electron chi connectivity index (χ4n) is 1.80. The molecule has 1 aromatic rings. The average molecular weight is 223 g/mol. The number of hydrogen-bond donors (Lipinski definition) is 1. The molecule has 0 amide bonds. The molecule has 0 saturated heterocycles. The predicted octanol–water partition coefficient (Wildman–Crippen LogP) is 2.88. The molecule has 0 aliphatic heterocycles. The molecule has 16 heavy (non-hydrogen) atoms. The van der Waals surface area contributed by atoms with Gasteiger partial charge in [0.1, 0.15) is 0 Å². The first-order chi connectivity index (χ1) is 7.79. The average Bonchev–Trinajstić information content (AvgIpc) is 2.62. The fraction of sp³-hybridized carbons (Fsp3) is 0.769. The Kier molecular flexibility index (Phi) is 6.16. The van der Waals surface area contributed by atoms with E-state index in [4.69, 9.17) is 0 Å². The van der Waals surface area contributed by atoms with Crippen LogP contribution in [-0.2, 0) is 13.1 Å². The van der Waals surface area contributed by atoms with Crippen LogP contribution in [0.5, 0.6) is 0 Å². The third kappa shape index (κ3) is 3.97. The van der Waals surface area contributed by atoms with Crippen LogP contribution < -0.4 is 5.32 Å². The highest BCUT2D eigenvalue weighted by Gasteiger charge is 2.04. The molecule has 0 aliphatic carbocycles. The molecular weight excluding hydrogens is 198 g/mol. The lowest BCUT2D eigenvalue weighted by Gasteiger charge is -2.05. The minimum atomic E-state index is 0.952. The molecule has 0 aromatic carbocycles. The Labute approximate surface area is 99.2 Å². The van der Waals surface area contributed by atoms with Gasteiger partial charge in [-0.15, -0.1) is 0 Å². The highest BCUT2D eigenvalue weighted by molar-refractivity contribution is 5.15.